The van der Waals surface area contributed by atoms with E-state index in [1.165, 1.54) is 11.3 Å². The van der Waals surface area contributed by atoms with Gasteiger partial charge in [0.05, 0.1) is 11.8 Å². The van der Waals surface area contributed by atoms with Gasteiger partial charge >= 0.3 is 0 Å². The minimum absolute atomic E-state index is 0.473. The van der Waals surface area contributed by atoms with Gasteiger partial charge in [0.2, 0.25) is 0 Å². The second kappa shape index (κ2) is 3.14. The first kappa shape index (κ1) is 8.19. The molecule has 3 nitrogen and oxygen atoms in total. The zero-order valence-electron chi connectivity index (χ0n) is 6.98. The molecule has 4 heteroatoms. The topological polar surface area (TPSA) is 43.1 Å². The quantitative estimate of drug-likeness (QED) is 0.688. The Morgan fingerprint density at radius 1 is 1.62 bits per heavy atom. The average molecular weight is 193 g/mol. The summed E-state index contributed by atoms with van der Waals surface area (Å²) in [5.74, 6) is 0.826. The Kier molecular flexibility index (Phi) is 1.98. The third kappa shape index (κ3) is 1.40. The highest BCUT2D eigenvalue weighted by atomic mass is 32.1. The van der Waals surface area contributed by atoms with Crippen molar-refractivity contribution < 1.29 is 9.21 Å². The van der Waals surface area contributed by atoms with E-state index in [0.717, 1.165) is 22.6 Å². The van der Waals surface area contributed by atoms with E-state index < -0.39 is 0 Å². The molecule has 0 radical (unpaired) electrons. The maximum Gasteiger partial charge on any atom is 0.169 e. The molecule has 66 valence electrons. The fourth-order valence-corrected chi connectivity index (χ4v) is 1.91. The third-order valence-corrected chi connectivity index (χ3v) is 2.63. The molecule has 0 N–H and O–H groups in total. The first-order chi connectivity index (χ1) is 6.31. The summed E-state index contributed by atoms with van der Waals surface area (Å²) in [7, 11) is 0. The molecule has 2 heterocycles. The van der Waals surface area contributed by atoms with E-state index in [2.05, 4.69) is 4.98 Å². The van der Waals surface area contributed by atoms with E-state index in [1.54, 1.807) is 11.6 Å². The monoisotopic (exact) mass is 193 g/mol. The number of hydrogen-bond donors (Lipinski definition) is 0. The maximum absolute atomic E-state index is 10.4. The minimum Gasteiger partial charge on any atom is -0.469 e. The van der Waals surface area contributed by atoms with Crippen LogP contribution in [0.2, 0.25) is 0 Å². The summed E-state index contributed by atoms with van der Waals surface area (Å²) in [5, 5.41) is 2.56. The van der Waals surface area contributed by atoms with Crippen LogP contribution in [0.3, 0.4) is 0 Å². The number of aldehydes is 1. The van der Waals surface area contributed by atoms with Crippen molar-refractivity contribution in [3.8, 4) is 10.6 Å². The Labute approximate surface area is 79.0 Å². The molecule has 0 amide bonds. The molecule has 13 heavy (non-hydrogen) atoms. The highest BCUT2D eigenvalue weighted by molar-refractivity contribution is 7.13. The average Bonchev–Trinajstić information content (AvgIpc) is 2.71. The van der Waals surface area contributed by atoms with E-state index in [4.69, 9.17) is 4.42 Å². The summed E-state index contributed by atoms with van der Waals surface area (Å²) >= 11 is 1.44. The first-order valence-corrected chi connectivity index (χ1v) is 4.64. The van der Waals surface area contributed by atoms with E-state index in [0.29, 0.717) is 5.69 Å². The van der Waals surface area contributed by atoms with Crippen molar-refractivity contribution in [1.82, 2.24) is 4.98 Å². The number of aryl methyl sites for hydroxylation is 1. The number of hydrogen-bond acceptors (Lipinski definition) is 4. The molecule has 0 bridgehead atoms. The Bertz CT molecular complexity index is 430. The lowest BCUT2D eigenvalue weighted by atomic mass is 10.3. The van der Waals surface area contributed by atoms with Gasteiger partial charge in [0, 0.05) is 5.38 Å². The highest BCUT2D eigenvalue weighted by Gasteiger charge is 2.08. The molecule has 0 spiro atoms. The number of nitrogens with zero attached hydrogens (tertiary/aromatic N) is 1. The molecule has 0 aliphatic rings. The highest BCUT2D eigenvalue weighted by Crippen LogP contribution is 2.26. The number of rotatable bonds is 2. The summed E-state index contributed by atoms with van der Waals surface area (Å²) < 4.78 is 5.14. The number of furan rings is 1. The predicted octanol–water partition coefficient (Wildman–Crippen LogP) is 2.52. The molecule has 0 unspecified atom stereocenters. The van der Waals surface area contributed by atoms with Gasteiger partial charge in [-0.25, -0.2) is 4.98 Å². The predicted molar refractivity (Wildman–Crippen MR) is 49.9 cm³/mol. The Morgan fingerprint density at radius 2 is 2.46 bits per heavy atom. The summed E-state index contributed by atoms with van der Waals surface area (Å²) in [6, 6.07) is 1.85. The van der Waals surface area contributed by atoms with Gasteiger partial charge < -0.3 is 4.42 Å². The van der Waals surface area contributed by atoms with E-state index >= 15 is 0 Å². The van der Waals surface area contributed by atoms with Gasteiger partial charge in [0.25, 0.3) is 0 Å². The molecule has 2 rings (SSSR count). The summed E-state index contributed by atoms with van der Waals surface area (Å²) in [6.07, 6.45) is 2.36. The van der Waals surface area contributed by atoms with Crippen LogP contribution in [-0.4, -0.2) is 11.3 Å². The normalized spacial score (nSPS) is 10.2. The van der Waals surface area contributed by atoms with Crippen molar-refractivity contribution >= 4 is 17.6 Å². The van der Waals surface area contributed by atoms with Crippen LogP contribution < -0.4 is 0 Å². The van der Waals surface area contributed by atoms with Crippen molar-refractivity contribution in [3.05, 3.63) is 29.2 Å². The lowest BCUT2D eigenvalue weighted by molar-refractivity contribution is 0.111. The van der Waals surface area contributed by atoms with Gasteiger partial charge in [-0.15, -0.1) is 11.3 Å². The third-order valence-electron chi connectivity index (χ3n) is 1.73. The molecule has 0 aliphatic heterocycles. The van der Waals surface area contributed by atoms with Crippen molar-refractivity contribution in [1.29, 1.82) is 0 Å². The fraction of sp³-hybridized carbons (Fsp3) is 0.111. The molecular weight excluding hydrogens is 186 g/mol. The molecular formula is C9H7NO2S. The van der Waals surface area contributed by atoms with Gasteiger partial charge in [0.1, 0.15) is 16.5 Å². The molecule has 0 aliphatic carbocycles. The number of aromatic nitrogens is 1. The van der Waals surface area contributed by atoms with Crippen LogP contribution >= 0.6 is 11.3 Å². The zero-order chi connectivity index (χ0) is 9.26. The lowest BCUT2D eigenvalue weighted by Gasteiger charge is -1.89. The second-order valence-corrected chi connectivity index (χ2v) is 3.44. The van der Waals surface area contributed by atoms with E-state index in [1.807, 2.05) is 13.0 Å². The summed E-state index contributed by atoms with van der Waals surface area (Å²) in [6.45, 7) is 1.87. The molecule has 0 saturated heterocycles. The van der Waals surface area contributed by atoms with Crippen LogP contribution in [0.15, 0.2) is 22.1 Å². The van der Waals surface area contributed by atoms with E-state index in [9.17, 15) is 4.79 Å². The second-order valence-electron chi connectivity index (χ2n) is 2.59. The van der Waals surface area contributed by atoms with Crippen LogP contribution in [-0.2, 0) is 0 Å². The number of carbonyl (C=O) groups excluding carboxylic acids is 1. The van der Waals surface area contributed by atoms with Crippen LogP contribution in [0.4, 0.5) is 0 Å². The van der Waals surface area contributed by atoms with E-state index in [-0.39, 0.29) is 0 Å². The molecule has 2 aromatic heterocycles. The van der Waals surface area contributed by atoms with Gasteiger partial charge in [-0.1, -0.05) is 0 Å². The van der Waals surface area contributed by atoms with Gasteiger partial charge in [-0.05, 0) is 13.0 Å². The molecule has 2 aromatic rings. The van der Waals surface area contributed by atoms with Crippen molar-refractivity contribution in [3.63, 3.8) is 0 Å². The largest absolute Gasteiger partial charge is 0.469 e. The number of carbonyl (C=O) groups is 1. The lowest BCUT2D eigenvalue weighted by Crippen LogP contribution is -1.79. The van der Waals surface area contributed by atoms with Gasteiger partial charge in [-0.2, -0.15) is 0 Å². The number of thiazole rings is 1. The molecule has 0 aromatic carbocycles. The maximum atomic E-state index is 10.4. The Hall–Kier alpha value is -1.42. The van der Waals surface area contributed by atoms with Gasteiger partial charge in [0.15, 0.2) is 6.29 Å². The summed E-state index contributed by atoms with van der Waals surface area (Å²) in [5.41, 5.74) is 1.43. The summed E-state index contributed by atoms with van der Waals surface area (Å²) in [4.78, 5) is 14.5. The SMILES string of the molecule is Cc1occc1-c1nc(C=O)cs1. The Morgan fingerprint density at radius 3 is 3.00 bits per heavy atom. The van der Waals surface area contributed by atoms with Gasteiger partial charge in [-0.3, -0.25) is 4.79 Å². The van der Waals surface area contributed by atoms with Crippen LogP contribution in [0.25, 0.3) is 10.6 Å². The van der Waals surface area contributed by atoms with Crippen LogP contribution in [0, 0.1) is 6.92 Å². The molecule has 0 fully saturated rings. The Balaban J connectivity index is 2.46. The van der Waals surface area contributed by atoms with Crippen molar-refractivity contribution in [2.45, 2.75) is 6.92 Å². The minimum atomic E-state index is 0.473. The molecule has 0 atom stereocenters. The fourth-order valence-electron chi connectivity index (χ4n) is 1.07. The molecule has 0 saturated carbocycles. The smallest absolute Gasteiger partial charge is 0.169 e. The van der Waals surface area contributed by atoms with Crippen LogP contribution in [0.1, 0.15) is 16.2 Å². The van der Waals surface area contributed by atoms with Crippen molar-refractivity contribution in [2.24, 2.45) is 0 Å². The standard InChI is InChI=1S/C9H7NO2S/c1-6-8(2-3-12-6)9-10-7(4-11)5-13-9/h2-5H,1H3. The van der Waals surface area contributed by atoms with Crippen LogP contribution in [0.5, 0.6) is 0 Å². The van der Waals surface area contributed by atoms with Crippen molar-refractivity contribution in [2.75, 3.05) is 0 Å². The zero-order valence-corrected chi connectivity index (χ0v) is 7.80. The first-order valence-electron chi connectivity index (χ1n) is 3.76.